The van der Waals surface area contributed by atoms with Crippen LogP contribution < -0.4 is 5.32 Å². The van der Waals surface area contributed by atoms with Gasteiger partial charge in [-0.25, -0.2) is 0 Å². The average molecular weight is 1160 g/mol. The van der Waals surface area contributed by atoms with Crippen molar-refractivity contribution < 1.29 is 89.4 Å². The standard InChI is InChI=1S/C62H115NO18/c1-3-5-7-9-11-12-13-14-15-16-17-18-19-20-21-22-23-24-25-26-27-28-29-30-31-32-34-35-37-39-46(67)45(63-50(68)40-38-36-33-10-8-6-4-2)44-76-60-56(74)53(71)58(48(42-65)78-60)81-62-57(75)54(72)59(49(43-66)79-62)80-61-55(73)52(70)51(69)47(41-64)77-61/h31-32,37,39,45-49,51-62,64-67,69-75H,3-30,33-36,38,40-44H2,1-2H3,(H,63,68)/b32-31+,39-37+. The summed E-state index contributed by atoms with van der Waals surface area (Å²) in [6.07, 6.45) is 22.3. The summed E-state index contributed by atoms with van der Waals surface area (Å²) < 4.78 is 34.2. The van der Waals surface area contributed by atoms with E-state index in [4.69, 9.17) is 28.4 Å². The van der Waals surface area contributed by atoms with Crippen molar-refractivity contribution in [2.75, 3.05) is 26.4 Å². The zero-order chi connectivity index (χ0) is 59.0. The van der Waals surface area contributed by atoms with Gasteiger partial charge >= 0.3 is 0 Å². The second-order valence-electron chi connectivity index (χ2n) is 23.2. The van der Waals surface area contributed by atoms with Gasteiger partial charge in [0.2, 0.25) is 5.91 Å². The zero-order valence-corrected chi connectivity index (χ0v) is 49.8. The first-order valence-corrected chi connectivity index (χ1v) is 32.1. The Hall–Kier alpha value is -1.73. The minimum Gasteiger partial charge on any atom is -0.394 e. The molecule has 3 saturated heterocycles. The van der Waals surface area contributed by atoms with Gasteiger partial charge in [-0.3, -0.25) is 4.79 Å². The number of unbranched alkanes of at least 4 members (excludes halogenated alkanes) is 30. The first-order chi connectivity index (χ1) is 39.3. The Kier molecular flexibility index (Phi) is 41.4. The Balaban J connectivity index is 1.38. The summed E-state index contributed by atoms with van der Waals surface area (Å²) in [6, 6.07) is -0.983. The van der Waals surface area contributed by atoms with Gasteiger partial charge in [-0.15, -0.1) is 0 Å². The molecule has 0 aliphatic carbocycles. The Labute approximate surface area is 486 Å². The van der Waals surface area contributed by atoms with Crippen LogP contribution in [0, 0.1) is 0 Å². The van der Waals surface area contributed by atoms with E-state index < -0.39 is 124 Å². The van der Waals surface area contributed by atoms with E-state index in [1.165, 1.54) is 148 Å². The van der Waals surface area contributed by atoms with Crippen molar-refractivity contribution >= 4 is 5.91 Å². The molecule has 17 atom stereocenters. The number of hydrogen-bond donors (Lipinski definition) is 12. The van der Waals surface area contributed by atoms with Crippen molar-refractivity contribution in [1.82, 2.24) is 5.32 Å². The van der Waals surface area contributed by atoms with Gasteiger partial charge in [0.25, 0.3) is 0 Å². The largest absolute Gasteiger partial charge is 0.394 e. The van der Waals surface area contributed by atoms with Crippen LogP contribution in [0.1, 0.15) is 232 Å². The maximum Gasteiger partial charge on any atom is 0.220 e. The third-order valence-electron chi connectivity index (χ3n) is 16.3. The lowest BCUT2D eigenvalue weighted by atomic mass is 9.96. The number of amides is 1. The van der Waals surface area contributed by atoms with Gasteiger partial charge in [-0.2, -0.15) is 0 Å². The minimum atomic E-state index is -1.98. The highest BCUT2D eigenvalue weighted by Gasteiger charge is 2.53. The fraction of sp³-hybridized carbons (Fsp3) is 0.919. The molecule has 17 unspecified atom stereocenters. The highest BCUT2D eigenvalue weighted by Crippen LogP contribution is 2.33. The van der Waals surface area contributed by atoms with Crippen LogP contribution in [0.2, 0.25) is 0 Å². The molecule has 0 aromatic heterocycles. The number of carbonyl (C=O) groups is 1. The Morgan fingerprint density at radius 3 is 1.23 bits per heavy atom. The monoisotopic (exact) mass is 1160 g/mol. The zero-order valence-electron chi connectivity index (χ0n) is 49.8. The molecular formula is C62H115NO18. The van der Waals surface area contributed by atoms with E-state index in [-0.39, 0.29) is 18.9 Å². The third kappa shape index (κ3) is 29.0. The van der Waals surface area contributed by atoms with Crippen LogP contribution in [0.25, 0.3) is 0 Å². The van der Waals surface area contributed by atoms with Gasteiger partial charge in [0, 0.05) is 6.42 Å². The smallest absolute Gasteiger partial charge is 0.220 e. The number of allylic oxidation sites excluding steroid dienone is 3. The average Bonchev–Trinajstić information content (AvgIpc) is 3.46. The number of rotatable bonds is 48. The fourth-order valence-corrected chi connectivity index (χ4v) is 11.0. The predicted octanol–water partition coefficient (Wildman–Crippen LogP) is 6.71. The Bertz CT molecular complexity index is 1580. The molecule has 3 aliphatic rings. The molecule has 0 bridgehead atoms. The van der Waals surface area contributed by atoms with Crippen molar-refractivity contribution in [3.05, 3.63) is 24.3 Å². The highest BCUT2D eigenvalue weighted by atomic mass is 16.8. The Morgan fingerprint density at radius 2 is 0.790 bits per heavy atom. The first-order valence-electron chi connectivity index (χ1n) is 32.1. The molecule has 0 aromatic carbocycles. The van der Waals surface area contributed by atoms with Crippen LogP contribution in [0.4, 0.5) is 0 Å². The van der Waals surface area contributed by atoms with E-state index in [9.17, 15) is 61.0 Å². The lowest BCUT2D eigenvalue weighted by Crippen LogP contribution is -2.66. The number of nitrogens with one attached hydrogen (secondary N) is 1. The van der Waals surface area contributed by atoms with E-state index in [2.05, 4.69) is 31.3 Å². The Morgan fingerprint density at radius 1 is 0.432 bits per heavy atom. The van der Waals surface area contributed by atoms with Crippen molar-refractivity contribution in [2.45, 2.75) is 336 Å². The molecule has 0 spiro atoms. The van der Waals surface area contributed by atoms with Crippen molar-refractivity contribution in [1.29, 1.82) is 0 Å². The number of aliphatic hydroxyl groups excluding tert-OH is 11. The van der Waals surface area contributed by atoms with E-state index in [0.717, 1.165) is 51.4 Å². The molecule has 3 fully saturated rings. The van der Waals surface area contributed by atoms with Gasteiger partial charge in [0.15, 0.2) is 18.9 Å². The number of aliphatic hydroxyl groups is 11. The molecule has 3 rings (SSSR count). The van der Waals surface area contributed by atoms with Crippen LogP contribution in [0.15, 0.2) is 24.3 Å². The van der Waals surface area contributed by atoms with Crippen LogP contribution in [0.3, 0.4) is 0 Å². The predicted molar refractivity (Wildman–Crippen MR) is 310 cm³/mol. The van der Waals surface area contributed by atoms with Gasteiger partial charge in [0.05, 0.1) is 38.6 Å². The first kappa shape index (κ1) is 73.5. The fourth-order valence-electron chi connectivity index (χ4n) is 11.0. The normalized spacial score (nSPS) is 29.9. The highest BCUT2D eigenvalue weighted by molar-refractivity contribution is 5.76. The SMILES string of the molecule is CCCCCCCCCCCCCCCCCCCCCCCCC/C=C/CC/C=C/C(O)C(COC1OC(CO)C(OC2OC(CO)C(OC3OC(CO)C(O)C(O)C3O)C(O)C2O)C(O)C1O)NC(=O)CCCCCCCCC. The summed E-state index contributed by atoms with van der Waals surface area (Å²) in [6.45, 7) is 1.65. The number of carbonyl (C=O) groups excluding carboxylic acids is 1. The van der Waals surface area contributed by atoms with Gasteiger partial charge < -0.3 is 89.9 Å². The molecular weight excluding hydrogens is 1050 g/mol. The number of hydrogen-bond acceptors (Lipinski definition) is 18. The molecule has 0 aromatic rings. The van der Waals surface area contributed by atoms with Crippen molar-refractivity contribution in [3.63, 3.8) is 0 Å². The van der Waals surface area contributed by atoms with Crippen molar-refractivity contribution in [2.24, 2.45) is 0 Å². The molecule has 3 heterocycles. The molecule has 1 amide bonds. The molecule has 19 nitrogen and oxygen atoms in total. The lowest BCUT2D eigenvalue weighted by molar-refractivity contribution is -0.379. The molecule has 0 radical (unpaired) electrons. The topological polar surface area (TPSA) is 307 Å². The molecule has 476 valence electrons. The van der Waals surface area contributed by atoms with Gasteiger partial charge in [-0.05, 0) is 32.1 Å². The van der Waals surface area contributed by atoms with Gasteiger partial charge in [0.1, 0.15) is 73.2 Å². The van der Waals surface area contributed by atoms with Crippen LogP contribution in [0.5, 0.6) is 0 Å². The summed E-state index contributed by atoms with van der Waals surface area (Å²) in [7, 11) is 0. The summed E-state index contributed by atoms with van der Waals surface area (Å²) in [5, 5.41) is 120. The quantitative estimate of drug-likeness (QED) is 0.0222. The van der Waals surface area contributed by atoms with Crippen molar-refractivity contribution in [3.8, 4) is 0 Å². The molecule has 3 aliphatic heterocycles. The van der Waals surface area contributed by atoms with Crippen LogP contribution >= 0.6 is 0 Å². The molecule has 19 heteroatoms. The summed E-state index contributed by atoms with van der Waals surface area (Å²) in [5.74, 6) is -0.291. The maximum absolute atomic E-state index is 13.2. The van der Waals surface area contributed by atoms with E-state index in [1.807, 2.05) is 6.08 Å². The summed E-state index contributed by atoms with van der Waals surface area (Å²) in [4.78, 5) is 13.2. The van der Waals surface area contributed by atoms with Gasteiger partial charge in [-0.1, -0.05) is 218 Å². The van der Waals surface area contributed by atoms with E-state index in [1.54, 1.807) is 6.08 Å². The van der Waals surface area contributed by atoms with E-state index in [0.29, 0.717) is 12.8 Å². The minimum absolute atomic E-state index is 0.236. The second kappa shape index (κ2) is 45.6. The molecule has 81 heavy (non-hydrogen) atoms. The third-order valence-corrected chi connectivity index (χ3v) is 16.3. The summed E-state index contributed by atoms with van der Waals surface area (Å²) >= 11 is 0. The van der Waals surface area contributed by atoms with Crippen LogP contribution in [-0.2, 0) is 33.2 Å². The lowest BCUT2D eigenvalue weighted by Gasteiger charge is -2.48. The van der Waals surface area contributed by atoms with Crippen LogP contribution in [-0.4, -0.2) is 193 Å². The maximum atomic E-state index is 13.2. The second-order valence-corrected chi connectivity index (χ2v) is 23.2. The number of ether oxygens (including phenoxy) is 6. The summed E-state index contributed by atoms with van der Waals surface area (Å²) in [5.41, 5.74) is 0. The molecule has 0 saturated carbocycles. The van der Waals surface area contributed by atoms with E-state index >= 15 is 0 Å². The molecule has 12 N–H and O–H groups in total.